The van der Waals surface area contributed by atoms with Crippen molar-refractivity contribution < 1.29 is 20.4 Å². The van der Waals surface area contributed by atoms with Crippen LogP contribution in [0.2, 0.25) is 0 Å². The van der Waals surface area contributed by atoms with Crippen LogP contribution < -0.4 is 86.3 Å². The van der Waals surface area contributed by atoms with Crippen LogP contribution in [-0.2, 0) is 0 Å². The zero-order valence-electron chi connectivity index (χ0n) is 36.2. The summed E-state index contributed by atoms with van der Waals surface area (Å²) >= 11 is 0. The second kappa shape index (κ2) is 18.5. The number of benzene rings is 8. The van der Waals surface area contributed by atoms with E-state index in [0.717, 1.165) is 0 Å². The summed E-state index contributed by atoms with van der Waals surface area (Å²) in [6.07, 6.45) is 0. The second-order valence-electron chi connectivity index (χ2n) is 15.8. The molecule has 0 atom stereocenters. The summed E-state index contributed by atoms with van der Waals surface area (Å²) in [6.45, 7) is 0. The molecule has 8 aromatic rings. The van der Waals surface area contributed by atoms with Gasteiger partial charge in [0.05, 0.1) is 11.4 Å². The molecule has 0 bridgehead atoms. The van der Waals surface area contributed by atoms with Crippen molar-refractivity contribution in [2.75, 3.05) is 9.80 Å². The number of phenolic OH excluding ortho intramolecular Hbond substituents is 4. The van der Waals surface area contributed by atoms with Crippen molar-refractivity contribution in [1.29, 1.82) is 0 Å². The van der Waals surface area contributed by atoms with Crippen LogP contribution in [0.5, 0.6) is 23.0 Å². The molecular formula is C48H22B14N2O4. The predicted octanol–water partition coefficient (Wildman–Crippen LogP) is -4.44. The number of phenols is 4. The molecule has 20 heteroatoms. The minimum Gasteiger partial charge on any atom is -0.506 e. The molecule has 0 spiro atoms. The number of hydrogen-bond acceptors (Lipinski definition) is 6. The van der Waals surface area contributed by atoms with E-state index in [1.165, 1.54) is 4.90 Å². The molecule has 0 aliphatic carbocycles. The first-order valence-corrected chi connectivity index (χ1v) is 20.5. The summed E-state index contributed by atoms with van der Waals surface area (Å²) in [5.74, 6) is -3.02. The maximum absolute atomic E-state index is 11.9. The van der Waals surface area contributed by atoms with Crippen LogP contribution in [0.1, 0.15) is 0 Å². The van der Waals surface area contributed by atoms with Gasteiger partial charge in [-0.25, -0.2) is 0 Å². The maximum Gasteiger partial charge on any atom is 0.153 e. The molecular weight excluding hydrogens is 820 g/mol. The van der Waals surface area contributed by atoms with E-state index in [4.69, 9.17) is 110 Å². The molecule has 0 saturated heterocycles. The van der Waals surface area contributed by atoms with E-state index in [0.29, 0.717) is 33.5 Å². The largest absolute Gasteiger partial charge is 0.506 e. The Morgan fingerprint density at radius 1 is 0.235 bits per heavy atom. The fourth-order valence-electron chi connectivity index (χ4n) is 8.28. The highest BCUT2D eigenvalue weighted by atomic mass is 16.3. The van der Waals surface area contributed by atoms with Gasteiger partial charge in [0.15, 0.2) is 11.5 Å². The summed E-state index contributed by atoms with van der Waals surface area (Å²) in [7, 11) is 91.8. The van der Waals surface area contributed by atoms with Crippen LogP contribution in [-0.4, -0.2) is 130 Å². The highest BCUT2D eigenvalue weighted by Crippen LogP contribution is 2.44. The number of aromatic hydroxyl groups is 4. The summed E-state index contributed by atoms with van der Waals surface area (Å²) < 4.78 is 0. The molecule has 68 heavy (non-hydrogen) atoms. The average molecular weight is 842 g/mol. The lowest BCUT2D eigenvalue weighted by Crippen LogP contribution is -2.57. The van der Waals surface area contributed by atoms with Gasteiger partial charge in [0.1, 0.15) is 121 Å². The van der Waals surface area contributed by atoms with E-state index in [2.05, 4.69) is 0 Å². The highest BCUT2D eigenvalue weighted by molar-refractivity contribution is 6.70. The van der Waals surface area contributed by atoms with Gasteiger partial charge in [0.25, 0.3) is 0 Å². The van der Waals surface area contributed by atoms with E-state index in [9.17, 15) is 20.4 Å². The molecule has 0 unspecified atom stereocenters. The Morgan fingerprint density at radius 3 is 0.941 bits per heavy atom. The quantitative estimate of drug-likeness (QED) is 0.0668. The molecule has 4 N–H and O–H groups in total. The lowest BCUT2D eigenvalue weighted by molar-refractivity contribution is 0.404. The van der Waals surface area contributed by atoms with Crippen molar-refractivity contribution in [3.8, 4) is 56.4 Å². The van der Waals surface area contributed by atoms with Crippen LogP contribution >= 0.6 is 0 Å². The van der Waals surface area contributed by atoms with Gasteiger partial charge in [-0.3, -0.25) is 0 Å². The van der Waals surface area contributed by atoms with E-state index in [1.54, 1.807) is 83.8 Å². The van der Waals surface area contributed by atoms with Crippen LogP contribution in [0.3, 0.4) is 0 Å². The molecule has 8 rings (SSSR count). The van der Waals surface area contributed by atoms with Crippen molar-refractivity contribution >= 4 is 220 Å². The van der Waals surface area contributed by atoms with Gasteiger partial charge >= 0.3 is 0 Å². The standard InChI is InChI=1S/C48H22B14N2O4/c49-27-25(21-7-3-1-4-8-21)28(50)35(57)41(34(27)56)63(42-37(59)32(54)31(53)33(55)38(42)60)23-15-11-19(12-16-23)20-13-17-24(18-14-20)64(44-39(61)47(67)48(68)40(62)46(44)66)43-36(58)29(51)26(30(52)45(43)65)22-9-5-2-6-10-22/h1-18,65-68H. The number of hydrogen-bond donors (Lipinski definition) is 4. The smallest absolute Gasteiger partial charge is 0.153 e. The molecule has 0 fully saturated rings. The summed E-state index contributed by atoms with van der Waals surface area (Å²) in [4.78, 5) is 2.77. The Balaban J connectivity index is 1.28. The summed E-state index contributed by atoms with van der Waals surface area (Å²) in [6, 6.07) is 31.5. The highest BCUT2D eigenvalue weighted by Gasteiger charge is 2.30. The lowest BCUT2D eigenvalue weighted by Gasteiger charge is -2.37. The molecule has 0 saturated carbocycles. The molecule has 28 radical (unpaired) electrons. The van der Waals surface area contributed by atoms with Crippen molar-refractivity contribution in [3.05, 3.63) is 109 Å². The Bertz CT molecular complexity index is 2990. The van der Waals surface area contributed by atoms with Gasteiger partial charge in [0.2, 0.25) is 0 Å². The third-order valence-electron chi connectivity index (χ3n) is 11.9. The zero-order chi connectivity index (χ0) is 49.2. The third-order valence-corrected chi connectivity index (χ3v) is 11.9. The average Bonchev–Trinajstić information content (AvgIpc) is 3.35. The van der Waals surface area contributed by atoms with Crippen LogP contribution in [0.15, 0.2) is 109 Å². The summed E-state index contributed by atoms with van der Waals surface area (Å²) in [5.41, 5.74) is 2.28. The topological polar surface area (TPSA) is 87.4 Å². The van der Waals surface area contributed by atoms with Gasteiger partial charge in [-0.05, 0) is 74.0 Å². The van der Waals surface area contributed by atoms with Gasteiger partial charge < -0.3 is 30.2 Å². The normalized spacial score (nSPS) is 11.1. The van der Waals surface area contributed by atoms with Gasteiger partial charge in [-0.2, -0.15) is 0 Å². The van der Waals surface area contributed by atoms with E-state index >= 15 is 0 Å². The summed E-state index contributed by atoms with van der Waals surface area (Å²) in [5, 5.41) is 44.6. The van der Waals surface area contributed by atoms with Crippen molar-refractivity contribution in [2.24, 2.45) is 0 Å². The Morgan fingerprint density at radius 2 is 0.529 bits per heavy atom. The molecule has 290 valence electrons. The number of nitrogens with zero attached hydrogens (tertiary/aromatic N) is 2. The molecule has 8 aromatic carbocycles. The van der Waals surface area contributed by atoms with Gasteiger partial charge in [-0.1, -0.05) is 129 Å². The SMILES string of the molecule is [B]c1c([B])c([B])c(N(c2ccc(-c3ccc(N(c4c([B])c([B])c(-c5ccccc5)c([B])c4O)c4c([B])c(O)c(O)c([B])c4O)cc3)cc2)c2c([B])c([B])c(-c3ccccc3)c([B])c2[B])c([B])c1[B]. The van der Waals surface area contributed by atoms with E-state index in [-0.39, 0.29) is 99.6 Å². The minimum atomic E-state index is -0.869. The van der Waals surface area contributed by atoms with Crippen molar-refractivity contribution in [3.63, 3.8) is 0 Å². The van der Waals surface area contributed by atoms with Crippen LogP contribution in [0.4, 0.5) is 34.1 Å². The molecule has 0 heterocycles. The number of anilines is 6. The second-order valence-corrected chi connectivity index (χ2v) is 15.8. The molecule has 0 amide bonds. The molecule has 0 aliphatic heterocycles. The zero-order valence-corrected chi connectivity index (χ0v) is 36.2. The molecule has 0 aromatic heterocycles. The monoisotopic (exact) mass is 844 g/mol. The molecule has 6 nitrogen and oxygen atoms in total. The first-order chi connectivity index (χ1) is 32.3. The van der Waals surface area contributed by atoms with Gasteiger partial charge in [0, 0.05) is 22.7 Å². The van der Waals surface area contributed by atoms with E-state index in [1.807, 2.05) is 30.3 Å². The Labute approximate surface area is 414 Å². The Hall–Kier alpha value is -6.53. The first-order valence-electron chi connectivity index (χ1n) is 20.5. The maximum atomic E-state index is 11.9. The fourth-order valence-corrected chi connectivity index (χ4v) is 8.28. The van der Waals surface area contributed by atoms with Crippen LogP contribution in [0, 0.1) is 0 Å². The fraction of sp³-hybridized carbons (Fsp3) is 0. The van der Waals surface area contributed by atoms with E-state index < -0.39 is 33.9 Å². The van der Waals surface area contributed by atoms with Crippen LogP contribution in [0.25, 0.3) is 33.4 Å². The predicted molar refractivity (Wildman–Crippen MR) is 294 cm³/mol. The number of rotatable bonds is 9. The third kappa shape index (κ3) is 7.80. The molecule has 0 aliphatic rings. The van der Waals surface area contributed by atoms with Crippen molar-refractivity contribution in [1.82, 2.24) is 0 Å². The van der Waals surface area contributed by atoms with Gasteiger partial charge in [-0.15, -0.1) is 16.4 Å². The Kier molecular flexibility index (Phi) is 13.1. The minimum absolute atomic E-state index is 0.0137. The van der Waals surface area contributed by atoms with Crippen molar-refractivity contribution in [2.45, 2.75) is 0 Å². The first kappa shape index (κ1) is 47.9. The lowest BCUT2D eigenvalue weighted by atomic mass is 9.61.